The molecule has 23 heavy (non-hydrogen) atoms. The third-order valence-electron chi connectivity index (χ3n) is 3.69. The van der Waals surface area contributed by atoms with Gasteiger partial charge in [0.25, 0.3) is 0 Å². The van der Waals surface area contributed by atoms with E-state index in [2.05, 4.69) is 0 Å². The molecule has 2 rings (SSSR count). The Morgan fingerprint density at radius 3 is 2.30 bits per heavy atom. The second-order valence-corrected chi connectivity index (χ2v) is 7.18. The SMILES string of the molecule is Cc1ccccc1OC(CCN(C)P(=O)(O)O)c1ccccc1. The van der Waals surface area contributed by atoms with Gasteiger partial charge in [0, 0.05) is 13.0 Å². The van der Waals surface area contributed by atoms with Crippen LogP contribution in [-0.4, -0.2) is 28.0 Å². The van der Waals surface area contributed by atoms with Gasteiger partial charge in [-0.1, -0.05) is 48.5 Å². The molecule has 0 saturated heterocycles. The molecule has 0 bridgehead atoms. The Labute approximate surface area is 136 Å². The molecule has 0 radical (unpaired) electrons. The summed E-state index contributed by atoms with van der Waals surface area (Å²) < 4.78 is 18.4. The number of nitrogens with zero attached hydrogens (tertiary/aromatic N) is 1. The molecule has 2 N–H and O–H groups in total. The first-order valence-corrected chi connectivity index (χ1v) is 8.99. The smallest absolute Gasteiger partial charge is 0.402 e. The lowest BCUT2D eigenvalue weighted by atomic mass is 10.1. The third kappa shape index (κ3) is 5.19. The van der Waals surface area contributed by atoms with Crippen LogP contribution in [0.1, 0.15) is 23.7 Å². The van der Waals surface area contributed by atoms with E-state index in [9.17, 15) is 14.4 Å². The summed E-state index contributed by atoms with van der Waals surface area (Å²) in [5, 5.41) is 0. The van der Waals surface area contributed by atoms with Crippen molar-refractivity contribution < 1.29 is 19.1 Å². The molecular formula is C17H22NO4P. The third-order valence-corrected chi connectivity index (χ3v) is 4.78. The molecule has 0 amide bonds. The first kappa shape index (κ1) is 17.7. The minimum absolute atomic E-state index is 0.232. The zero-order valence-electron chi connectivity index (χ0n) is 13.3. The van der Waals surface area contributed by atoms with Crippen molar-refractivity contribution in [1.29, 1.82) is 0 Å². The van der Waals surface area contributed by atoms with Gasteiger partial charge in [-0.15, -0.1) is 0 Å². The van der Waals surface area contributed by atoms with Crippen molar-refractivity contribution in [2.75, 3.05) is 13.6 Å². The lowest BCUT2D eigenvalue weighted by molar-refractivity contribution is 0.179. The predicted octanol–water partition coefficient (Wildman–Crippen LogP) is 3.53. The Hall–Kier alpha value is -1.65. The fourth-order valence-electron chi connectivity index (χ4n) is 2.24. The van der Waals surface area contributed by atoms with Crippen LogP contribution >= 0.6 is 7.75 Å². The Morgan fingerprint density at radius 1 is 1.09 bits per heavy atom. The lowest BCUT2D eigenvalue weighted by Gasteiger charge is -2.24. The van der Waals surface area contributed by atoms with Gasteiger partial charge >= 0.3 is 7.75 Å². The molecule has 1 unspecified atom stereocenters. The van der Waals surface area contributed by atoms with E-state index in [0.29, 0.717) is 6.42 Å². The molecule has 0 fully saturated rings. The molecule has 0 heterocycles. The molecule has 124 valence electrons. The summed E-state index contributed by atoms with van der Waals surface area (Å²) >= 11 is 0. The molecule has 0 aliphatic carbocycles. The lowest BCUT2D eigenvalue weighted by Crippen LogP contribution is -2.20. The van der Waals surface area contributed by atoms with Crippen LogP contribution in [0.25, 0.3) is 0 Å². The highest BCUT2D eigenvalue weighted by molar-refractivity contribution is 7.49. The van der Waals surface area contributed by atoms with Crippen LogP contribution in [0.3, 0.4) is 0 Å². The van der Waals surface area contributed by atoms with Crippen LogP contribution in [0, 0.1) is 6.92 Å². The van der Waals surface area contributed by atoms with Crippen LogP contribution in [0.5, 0.6) is 5.75 Å². The van der Waals surface area contributed by atoms with Crippen molar-refractivity contribution in [2.45, 2.75) is 19.4 Å². The first-order valence-electron chi connectivity index (χ1n) is 7.42. The number of ether oxygens (including phenoxy) is 1. The number of para-hydroxylation sites is 1. The van der Waals surface area contributed by atoms with Crippen molar-refractivity contribution in [2.24, 2.45) is 0 Å². The molecule has 0 aliphatic heterocycles. The van der Waals surface area contributed by atoms with Crippen molar-refractivity contribution in [3.8, 4) is 5.75 Å². The Kier molecular flexibility index (Phi) is 5.97. The van der Waals surface area contributed by atoms with Crippen LogP contribution in [0.4, 0.5) is 0 Å². The summed E-state index contributed by atoms with van der Waals surface area (Å²) in [6.07, 6.45) is 0.200. The summed E-state index contributed by atoms with van der Waals surface area (Å²) in [7, 11) is -2.81. The van der Waals surface area contributed by atoms with Gasteiger partial charge in [-0.05, 0) is 31.2 Å². The van der Waals surface area contributed by atoms with Crippen LogP contribution in [0.2, 0.25) is 0 Å². The molecule has 2 aromatic rings. The zero-order chi connectivity index (χ0) is 16.9. The maximum atomic E-state index is 11.3. The Balaban J connectivity index is 2.16. The molecule has 0 spiro atoms. The number of hydrogen-bond acceptors (Lipinski definition) is 2. The van der Waals surface area contributed by atoms with Crippen LogP contribution < -0.4 is 4.74 Å². The fraction of sp³-hybridized carbons (Fsp3) is 0.294. The molecule has 2 aromatic carbocycles. The van der Waals surface area contributed by atoms with E-state index in [1.54, 1.807) is 0 Å². The maximum Gasteiger partial charge on any atom is 0.402 e. The molecule has 0 aromatic heterocycles. The van der Waals surface area contributed by atoms with Gasteiger partial charge < -0.3 is 14.5 Å². The average molecular weight is 335 g/mol. The van der Waals surface area contributed by atoms with Gasteiger partial charge in [-0.3, -0.25) is 0 Å². The first-order chi connectivity index (χ1) is 10.9. The number of benzene rings is 2. The highest BCUT2D eigenvalue weighted by Crippen LogP contribution is 2.39. The van der Waals surface area contributed by atoms with Crippen molar-refractivity contribution in [3.05, 3.63) is 65.7 Å². The van der Waals surface area contributed by atoms with Crippen LogP contribution in [-0.2, 0) is 4.57 Å². The van der Waals surface area contributed by atoms with Crippen molar-refractivity contribution in [1.82, 2.24) is 4.67 Å². The maximum absolute atomic E-state index is 11.3. The highest BCUT2D eigenvalue weighted by atomic mass is 31.2. The van der Waals surface area contributed by atoms with Gasteiger partial charge in [0.05, 0.1) is 0 Å². The quantitative estimate of drug-likeness (QED) is 0.758. The summed E-state index contributed by atoms with van der Waals surface area (Å²) in [6, 6.07) is 17.4. The summed E-state index contributed by atoms with van der Waals surface area (Å²) in [5.74, 6) is 0.778. The van der Waals surface area contributed by atoms with E-state index in [1.807, 2.05) is 61.5 Å². The standard InChI is InChI=1S/C17H22NO4P/c1-14-8-6-7-11-16(14)22-17(15-9-4-3-5-10-15)12-13-18(2)23(19,20)21/h3-11,17H,12-13H2,1-2H3,(H2,19,20,21). The molecule has 0 aliphatic rings. The Bertz CT molecular complexity index is 671. The van der Waals surface area contributed by atoms with E-state index < -0.39 is 7.75 Å². The van der Waals surface area contributed by atoms with E-state index in [1.165, 1.54) is 7.05 Å². The fourth-order valence-corrected chi connectivity index (χ4v) is 2.61. The normalized spacial score (nSPS) is 13.1. The number of rotatable bonds is 7. The van der Waals surface area contributed by atoms with Crippen LogP contribution in [0.15, 0.2) is 54.6 Å². The second-order valence-electron chi connectivity index (χ2n) is 5.47. The van der Waals surface area contributed by atoms with Gasteiger partial charge in [-0.2, -0.15) is 0 Å². The summed E-state index contributed by atoms with van der Waals surface area (Å²) in [6.45, 7) is 2.20. The average Bonchev–Trinajstić information content (AvgIpc) is 2.52. The topological polar surface area (TPSA) is 70.0 Å². The Morgan fingerprint density at radius 2 is 1.70 bits per heavy atom. The highest BCUT2D eigenvalue weighted by Gasteiger charge is 2.23. The second kappa shape index (κ2) is 7.75. The van der Waals surface area contributed by atoms with Crippen molar-refractivity contribution >= 4 is 7.75 Å². The number of aryl methyl sites for hydroxylation is 1. The van der Waals surface area contributed by atoms with Crippen molar-refractivity contribution in [3.63, 3.8) is 0 Å². The molecule has 6 heteroatoms. The van der Waals surface area contributed by atoms with E-state index in [-0.39, 0.29) is 12.6 Å². The molecular weight excluding hydrogens is 313 g/mol. The van der Waals surface area contributed by atoms with Gasteiger partial charge in [0.1, 0.15) is 11.9 Å². The van der Waals surface area contributed by atoms with E-state index >= 15 is 0 Å². The summed E-state index contributed by atoms with van der Waals surface area (Å²) in [5.41, 5.74) is 2.01. The molecule has 5 nitrogen and oxygen atoms in total. The molecule has 0 saturated carbocycles. The predicted molar refractivity (Wildman–Crippen MR) is 90.3 cm³/mol. The monoisotopic (exact) mass is 335 g/mol. The van der Waals surface area contributed by atoms with Gasteiger partial charge in [0.2, 0.25) is 0 Å². The molecule has 1 atom stereocenters. The van der Waals surface area contributed by atoms with E-state index in [4.69, 9.17) is 4.74 Å². The minimum Gasteiger partial charge on any atom is -0.485 e. The number of hydrogen-bond donors (Lipinski definition) is 2. The van der Waals surface area contributed by atoms with Gasteiger partial charge in [0.15, 0.2) is 0 Å². The van der Waals surface area contributed by atoms with E-state index in [0.717, 1.165) is 21.5 Å². The largest absolute Gasteiger partial charge is 0.485 e. The summed E-state index contributed by atoms with van der Waals surface area (Å²) in [4.78, 5) is 18.4. The van der Waals surface area contributed by atoms with Gasteiger partial charge in [-0.25, -0.2) is 9.24 Å². The minimum atomic E-state index is -4.22. The zero-order valence-corrected chi connectivity index (χ0v) is 14.2.